The highest BCUT2D eigenvalue weighted by Crippen LogP contribution is 2.34. The molecule has 0 bridgehead atoms. The average molecular weight is 233 g/mol. The van der Waals surface area contributed by atoms with Crippen LogP contribution in [-0.4, -0.2) is 40.7 Å². The zero-order valence-electron chi connectivity index (χ0n) is 10.1. The Bertz CT molecular complexity index is 351. The number of aromatic nitrogens is 2. The Balaban J connectivity index is 1.75. The van der Waals surface area contributed by atoms with Crippen LogP contribution in [-0.2, 0) is 4.74 Å². The standard InChI is InChI=1S/C13H19N3O/c1-2-13(12-10-14-5-6-15-12)16(7-1)11-3-8-17-9-4-11/h5-6,10-11,13H,1-4,7-9H2/t13-/m0/s1. The van der Waals surface area contributed by atoms with Crippen molar-refractivity contribution < 1.29 is 4.74 Å². The highest BCUT2D eigenvalue weighted by atomic mass is 16.5. The topological polar surface area (TPSA) is 38.2 Å². The third-order valence-electron chi connectivity index (χ3n) is 3.88. The van der Waals surface area contributed by atoms with Gasteiger partial charge in [-0.1, -0.05) is 0 Å². The quantitative estimate of drug-likeness (QED) is 0.780. The maximum absolute atomic E-state index is 5.45. The van der Waals surface area contributed by atoms with Gasteiger partial charge in [-0.2, -0.15) is 0 Å². The van der Waals surface area contributed by atoms with Crippen LogP contribution in [0.5, 0.6) is 0 Å². The lowest BCUT2D eigenvalue weighted by molar-refractivity contribution is 0.0284. The zero-order valence-corrected chi connectivity index (χ0v) is 10.1. The minimum atomic E-state index is 0.479. The van der Waals surface area contributed by atoms with Crippen molar-refractivity contribution in [1.29, 1.82) is 0 Å². The number of ether oxygens (including phenoxy) is 1. The van der Waals surface area contributed by atoms with Crippen LogP contribution in [0.1, 0.15) is 37.4 Å². The van der Waals surface area contributed by atoms with Crippen LogP contribution < -0.4 is 0 Å². The molecule has 17 heavy (non-hydrogen) atoms. The smallest absolute Gasteiger partial charge is 0.0758 e. The Morgan fingerprint density at radius 3 is 2.82 bits per heavy atom. The number of nitrogens with zero attached hydrogens (tertiary/aromatic N) is 3. The Labute approximate surface area is 102 Å². The Hall–Kier alpha value is -1.00. The summed E-state index contributed by atoms with van der Waals surface area (Å²) in [6, 6.07) is 1.16. The summed E-state index contributed by atoms with van der Waals surface area (Å²) in [6.07, 6.45) is 10.3. The molecule has 3 rings (SSSR count). The summed E-state index contributed by atoms with van der Waals surface area (Å²) in [5.74, 6) is 0. The Morgan fingerprint density at radius 2 is 2.06 bits per heavy atom. The van der Waals surface area contributed by atoms with Gasteiger partial charge >= 0.3 is 0 Å². The maximum Gasteiger partial charge on any atom is 0.0758 e. The summed E-state index contributed by atoms with van der Waals surface area (Å²) >= 11 is 0. The molecule has 4 nitrogen and oxygen atoms in total. The normalized spacial score (nSPS) is 27.4. The number of hydrogen-bond donors (Lipinski definition) is 0. The van der Waals surface area contributed by atoms with Gasteiger partial charge in [-0.3, -0.25) is 14.9 Å². The molecule has 2 fully saturated rings. The van der Waals surface area contributed by atoms with E-state index in [0.29, 0.717) is 12.1 Å². The number of likely N-dealkylation sites (tertiary alicyclic amines) is 1. The van der Waals surface area contributed by atoms with Crippen molar-refractivity contribution in [3.63, 3.8) is 0 Å². The molecule has 0 unspecified atom stereocenters. The minimum absolute atomic E-state index is 0.479. The lowest BCUT2D eigenvalue weighted by Gasteiger charge is -2.35. The van der Waals surface area contributed by atoms with Gasteiger partial charge in [-0.25, -0.2) is 0 Å². The fourth-order valence-corrected chi connectivity index (χ4v) is 3.04. The first kappa shape index (κ1) is 11.1. The third-order valence-corrected chi connectivity index (χ3v) is 3.88. The molecule has 0 radical (unpaired) electrons. The fourth-order valence-electron chi connectivity index (χ4n) is 3.04. The molecule has 2 aliphatic heterocycles. The van der Waals surface area contributed by atoms with Crippen molar-refractivity contribution in [2.24, 2.45) is 0 Å². The maximum atomic E-state index is 5.45. The van der Waals surface area contributed by atoms with Crippen molar-refractivity contribution in [1.82, 2.24) is 14.9 Å². The molecule has 2 aliphatic rings. The summed E-state index contributed by atoms with van der Waals surface area (Å²) in [6.45, 7) is 3.02. The molecule has 0 N–H and O–H groups in total. The van der Waals surface area contributed by atoms with E-state index in [0.717, 1.165) is 31.7 Å². The average Bonchev–Trinajstić information content (AvgIpc) is 2.90. The molecule has 2 saturated heterocycles. The summed E-state index contributed by atoms with van der Waals surface area (Å²) in [5.41, 5.74) is 1.14. The summed E-state index contributed by atoms with van der Waals surface area (Å²) in [4.78, 5) is 11.3. The number of rotatable bonds is 2. The van der Waals surface area contributed by atoms with Gasteiger partial charge in [-0.15, -0.1) is 0 Å². The molecule has 1 aromatic rings. The molecule has 1 aromatic heterocycles. The summed E-state index contributed by atoms with van der Waals surface area (Å²) in [5, 5.41) is 0. The van der Waals surface area contributed by atoms with Crippen molar-refractivity contribution in [2.45, 2.75) is 37.8 Å². The van der Waals surface area contributed by atoms with Crippen LogP contribution in [0.25, 0.3) is 0 Å². The molecule has 0 spiro atoms. The minimum Gasteiger partial charge on any atom is -0.381 e. The fraction of sp³-hybridized carbons (Fsp3) is 0.692. The van der Waals surface area contributed by atoms with Crippen LogP contribution >= 0.6 is 0 Å². The van der Waals surface area contributed by atoms with Crippen molar-refractivity contribution in [3.05, 3.63) is 24.3 Å². The predicted octanol–water partition coefficient (Wildman–Crippen LogP) is 1.79. The molecular formula is C13H19N3O. The first-order chi connectivity index (χ1) is 8.45. The van der Waals surface area contributed by atoms with Crippen molar-refractivity contribution in [3.8, 4) is 0 Å². The molecule has 0 saturated carbocycles. The van der Waals surface area contributed by atoms with E-state index in [9.17, 15) is 0 Å². The van der Waals surface area contributed by atoms with Gasteiger partial charge in [0, 0.05) is 37.8 Å². The molecule has 0 amide bonds. The van der Waals surface area contributed by atoms with Crippen molar-refractivity contribution in [2.75, 3.05) is 19.8 Å². The Morgan fingerprint density at radius 1 is 1.18 bits per heavy atom. The van der Waals surface area contributed by atoms with E-state index in [-0.39, 0.29) is 0 Å². The van der Waals surface area contributed by atoms with Crippen molar-refractivity contribution >= 4 is 0 Å². The second kappa shape index (κ2) is 5.10. The van der Waals surface area contributed by atoms with E-state index in [1.807, 2.05) is 6.20 Å². The molecule has 3 heterocycles. The van der Waals surface area contributed by atoms with E-state index in [1.54, 1.807) is 12.4 Å². The highest BCUT2D eigenvalue weighted by Gasteiger charge is 2.33. The molecule has 4 heteroatoms. The Kier molecular flexibility index (Phi) is 3.34. The molecule has 0 aliphatic carbocycles. The van der Waals surface area contributed by atoms with Crippen LogP contribution in [0.3, 0.4) is 0 Å². The van der Waals surface area contributed by atoms with E-state index in [4.69, 9.17) is 4.74 Å². The highest BCUT2D eigenvalue weighted by molar-refractivity contribution is 5.06. The largest absolute Gasteiger partial charge is 0.381 e. The summed E-state index contributed by atoms with van der Waals surface area (Å²) < 4.78 is 5.45. The van der Waals surface area contributed by atoms with Gasteiger partial charge in [0.25, 0.3) is 0 Å². The van der Waals surface area contributed by atoms with Crippen LogP contribution in [0.15, 0.2) is 18.6 Å². The van der Waals surface area contributed by atoms with Gasteiger partial charge in [0.2, 0.25) is 0 Å². The first-order valence-electron chi connectivity index (χ1n) is 6.54. The third kappa shape index (κ3) is 2.33. The van der Waals surface area contributed by atoms with Crippen LogP contribution in [0.4, 0.5) is 0 Å². The van der Waals surface area contributed by atoms with Crippen LogP contribution in [0.2, 0.25) is 0 Å². The van der Waals surface area contributed by atoms with Gasteiger partial charge in [0.15, 0.2) is 0 Å². The van der Waals surface area contributed by atoms with E-state index in [1.165, 1.54) is 19.4 Å². The molecule has 0 aromatic carbocycles. The van der Waals surface area contributed by atoms with Gasteiger partial charge < -0.3 is 4.74 Å². The second-order valence-corrected chi connectivity index (χ2v) is 4.87. The monoisotopic (exact) mass is 233 g/mol. The van der Waals surface area contributed by atoms with Gasteiger partial charge in [0.05, 0.1) is 11.7 Å². The van der Waals surface area contributed by atoms with E-state index >= 15 is 0 Å². The lowest BCUT2D eigenvalue weighted by atomic mass is 10.0. The van der Waals surface area contributed by atoms with E-state index < -0.39 is 0 Å². The molecule has 92 valence electrons. The lowest BCUT2D eigenvalue weighted by Crippen LogP contribution is -2.39. The zero-order chi connectivity index (χ0) is 11.5. The SMILES string of the molecule is c1cnc([C@@H]2CCCN2C2CCOCC2)cn1. The molecular weight excluding hydrogens is 214 g/mol. The van der Waals surface area contributed by atoms with Gasteiger partial charge in [-0.05, 0) is 32.2 Å². The second-order valence-electron chi connectivity index (χ2n) is 4.87. The summed E-state index contributed by atoms with van der Waals surface area (Å²) in [7, 11) is 0. The molecule has 1 atom stereocenters. The number of hydrogen-bond acceptors (Lipinski definition) is 4. The van der Waals surface area contributed by atoms with Crippen LogP contribution in [0, 0.1) is 0 Å². The van der Waals surface area contributed by atoms with Gasteiger partial charge in [0.1, 0.15) is 0 Å². The predicted molar refractivity (Wildman–Crippen MR) is 64.6 cm³/mol. The first-order valence-corrected chi connectivity index (χ1v) is 6.54. The van der Waals surface area contributed by atoms with E-state index in [2.05, 4.69) is 14.9 Å².